The van der Waals surface area contributed by atoms with Gasteiger partial charge in [-0.2, -0.15) is 0 Å². The minimum absolute atomic E-state index is 0.110. The maximum absolute atomic E-state index is 13.9. The summed E-state index contributed by atoms with van der Waals surface area (Å²) in [6.07, 6.45) is 4.35. The van der Waals surface area contributed by atoms with Crippen LogP contribution in [0.2, 0.25) is 5.02 Å². The first-order valence-corrected chi connectivity index (χ1v) is 19.0. The van der Waals surface area contributed by atoms with Crippen molar-refractivity contribution in [1.29, 1.82) is 0 Å². The van der Waals surface area contributed by atoms with Gasteiger partial charge in [0.1, 0.15) is 23.5 Å². The van der Waals surface area contributed by atoms with Gasteiger partial charge in [-0.05, 0) is 57.6 Å². The molecule has 0 aliphatic carbocycles. The average molecular weight is 711 g/mol. The van der Waals surface area contributed by atoms with Gasteiger partial charge in [-0.15, -0.1) is 0 Å². The molecule has 10 nitrogen and oxygen atoms in total. The first kappa shape index (κ1) is 37.6. The summed E-state index contributed by atoms with van der Waals surface area (Å²) in [7, 11) is 4.89. The second-order valence-electron chi connectivity index (χ2n) is 13.0. The van der Waals surface area contributed by atoms with E-state index in [0.717, 1.165) is 16.7 Å². The summed E-state index contributed by atoms with van der Waals surface area (Å²) in [6.45, 7) is 11.4. The van der Waals surface area contributed by atoms with E-state index in [1.807, 2.05) is 64.3 Å². The summed E-state index contributed by atoms with van der Waals surface area (Å²) in [4.78, 5) is 41.4. The molecule has 1 aromatic carbocycles. The third-order valence-corrected chi connectivity index (χ3v) is 11.6. The number of carbonyl (C=O) groups excluding carboxylic acids is 3. The van der Waals surface area contributed by atoms with Crippen LogP contribution in [0.3, 0.4) is 0 Å². The summed E-state index contributed by atoms with van der Waals surface area (Å²) in [5.74, 6) is -1.07. The Morgan fingerprint density at radius 2 is 2.00 bits per heavy atom. The lowest BCUT2D eigenvalue weighted by Crippen LogP contribution is -2.60. The fourth-order valence-electron chi connectivity index (χ4n) is 6.19. The van der Waals surface area contributed by atoms with Crippen LogP contribution in [0.25, 0.3) is 0 Å². The van der Waals surface area contributed by atoms with Gasteiger partial charge in [-0.1, -0.05) is 76.9 Å². The molecule has 2 N–H and O–H groups in total. The molecule has 0 radical (unpaired) electrons. The number of amides is 2. The van der Waals surface area contributed by atoms with E-state index in [2.05, 4.69) is 5.32 Å². The predicted octanol–water partition coefficient (Wildman–Crippen LogP) is 6.00. The van der Waals surface area contributed by atoms with Gasteiger partial charge in [-0.25, -0.2) is 9.59 Å². The highest BCUT2D eigenvalue weighted by molar-refractivity contribution is 8.76. The van der Waals surface area contributed by atoms with Crippen molar-refractivity contribution in [2.45, 2.75) is 96.5 Å². The molecule has 3 aliphatic heterocycles. The maximum Gasteiger partial charge on any atom is 0.409 e. The number of alkyl carbamates (subject to hydrolysis) is 1. The Morgan fingerprint density at radius 3 is 2.70 bits per heavy atom. The highest BCUT2D eigenvalue weighted by Gasteiger charge is 2.64. The van der Waals surface area contributed by atoms with Gasteiger partial charge in [-0.3, -0.25) is 10.1 Å². The number of hydrogen-bond acceptors (Lipinski definition) is 10. The lowest BCUT2D eigenvalue weighted by Gasteiger charge is -2.41. The van der Waals surface area contributed by atoms with Crippen LogP contribution >= 0.6 is 33.2 Å². The van der Waals surface area contributed by atoms with E-state index in [4.69, 9.17) is 30.5 Å². The Bertz CT molecular complexity index is 1410. The van der Waals surface area contributed by atoms with Crippen molar-refractivity contribution in [3.05, 3.63) is 52.1 Å². The molecule has 3 aliphatic rings. The Morgan fingerprint density at radius 1 is 1.28 bits per heavy atom. The number of halogens is 1. The lowest BCUT2D eigenvalue weighted by molar-refractivity contribution is -0.165. The Hall–Kier alpha value is -2.22. The van der Waals surface area contributed by atoms with Gasteiger partial charge in [0, 0.05) is 31.1 Å². The van der Waals surface area contributed by atoms with Crippen molar-refractivity contribution in [1.82, 2.24) is 5.32 Å². The van der Waals surface area contributed by atoms with E-state index < -0.39 is 59.6 Å². The van der Waals surface area contributed by atoms with Crippen LogP contribution in [0, 0.1) is 18.8 Å². The number of carbonyl (C=O) groups is 3. The lowest BCUT2D eigenvalue weighted by atomic mass is 9.82. The van der Waals surface area contributed by atoms with E-state index in [1.54, 1.807) is 42.5 Å². The molecule has 8 atom stereocenters. The number of hydrogen-bond donors (Lipinski definition) is 2. The van der Waals surface area contributed by atoms with E-state index >= 15 is 0 Å². The average Bonchev–Trinajstić information content (AvgIpc) is 3.71. The monoisotopic (exact) mass is 710 g/mol. The number of aryl methyl sites for hydroxylation is 1. The van der Waals surface area contributed by atoms with E-state index in [9.17, 15) is 19.5 Å². The minimum Gasteiger partial charge on any atom is -0.457 e. The molecule has 0 saturated carbocycles. The van der Waals surface area contributed by atoms with Crippen molar-refractivity contribution >= 4 is 56.8 Å². The van der Waals surface area contributed by atoms with Crippen LogP contribution in [0.5, 0.6) is 0 Å². The highest BCUT2D eigenvalue weighted by atomic mass is 35.5. The van der Waals surface area contributed by atoms with Crippen molar-refractivity contribution in [2.24, 2.45) is 11.8 Å². The second-order valence-corrected chi connectivity index (χ2v) is 16.0. The van der Waals surface area contributed by atoms with Crippen molar-refractivity contribution < 1.29 is 38.4 Å². The second kappa shape index (κ2) is 15.6. The largest absolute Gasteiger partial charge is 0.457 e. The standard InChI is InChI=1S/C34H47ClN2O8S2/c1-19-10-9-11-21(3)34(41)18-26(43-32(40)36-34)22(4)30-33(6,45-30)27(44-31(39)23(5)42-12-13-47-46-8)17-28(38)37(7)25-16-24(14-19)15-20(2)29(25)35/h9-11,15-16,21-23,26-27,30,41H,12-14,17-18H2,1-8H3,(H,36,40)/b11-9+,19-10+/t21-,22-,23+,26+,27+,30+,33+,34+/m1/s1. The molecule has 0 unspecified atom stereocenters. The third-order valence-electron chi connectivity index (χ3n) is 9.33. The number of nitrogens with zero attached hydrogens (tertiary/aromatic N) is 1. The predicted molar refractivity (Wildman–Crippen MR) is 187 cm³/mol. The Balaban J connectivity index is 1.70. The first-order valence-electron chi connectivity index (χ1n) is 15.9. The SMILES string of the molecule is CSSCCO[C@@H](C)C(=O)O[C@H]1CC(=O)N(C)c2cc(cc(C)c2Cl)C/C(C)=C/C=C/[C@@H](C)[C@@]2(O)C[C@H](OC(=O)N2)[C@@H](C)[C@@H]2O[C@@]12C. The van der Waals surface area contributed by atoms with Crippen LogP contribution in [-0.4, -0.2) is 84.5 Å². The number of aliphatic hydroxyl groups is 1. The van der Waals surface area contributed by atoms with Gasteiger partial charge >= 0.3 is 12.1 Å². The summed E-state index contributed by atoms with van der Waals surface area (Å²) < 4.78 is 23.6. The van der Waals surface area contributed by atoms with Gasteiger partial charge in [0.25, 0.3) is 0 Å². The number of fused-ring (bicyclic) bond motifs is 5. The summed E-state index contributed by atoms with van der Waals surface area (Å²) in [6, 6.07) is 3.89. The van der Waals surface area contributed by atoms with Crippen LogP contribution in [-0.2, 0) is 35.0 Å². The number of nitrogens with one attached hydrogen (secondary N) is 1. The summed E-state index contributed by atoms with van der Waals surface area (Å²) >= 11 is 6.74. The van der Waals surface area contributed by atoms with E-state index in [0.29, 0.717) is 29.5 Å². The third kappa shape index (κ3) is 8.88. The van der Waals surface area contributed by atoms with Crippen LogP contribution in [0.1, 0.15) is 58.6 Å². The molecule has 4 rings (SSSR count). The zero-order valence-electron chi connectivity index (χ0n) is 28.3. The number of anilines is 1. The fraction of sp³-hybridized carbons (Fsp3) is 0.618. The molecule has 2 saturated heterocycles. The van der Waals surface area contributed by atoms with Crippen LogP contribution < -0.4 is 10.2 Å². The molecular weight excluding hydrogens is 664 g/mol. The van der Waals surface area contributed by atoms with Gasteiger partial charge in [0.05, 0.1) is 29.8 Å². The zero-order valence-corrected chi connectivity index (χ0v) is 30.7. The molecule has 4 bridgehead atoms. The molecular formula is C34H47ClN2O8S2. The van der Waals surface area contributed by atoms with Crippen LogP contribution in [0.4, 0.5) is 10.5 Å². The maximum atomic E-state index is 13.9. The molecule has 1 aromatic rings. The Labute approximate surface area is 290 Å². The number of esters is 1. The number of rotatable bonds is 7. The number of benzene rings is 1. The number of epoxide rings is 1. The Kier molecular flexibility index (Phi) is 12.4. The zero-order chi connectivity index (χ0) is 34.7. The molecule has 0 aromatic heterocycles. The molecule has 260 valence electrons. The van der Waals surface area contributed by atoms with Gasteiger partial charge in [0.15, 0.2) is 6.10 Å². The van der Waals surface area contributed by atoms with Gasteiger partial charge in [0.2, 0.25) is 5.91 Å². The van der Waals surface area contributed by atoms with E-state index in [-0.39, 0.29) is 18.7 Å². The molecule has 2 fully saturated rings. The minimum atomic E-state index is -1.56. The number of ether oxygens (including phenoxy) is 4. The summed E-state index contributed by atoms with van der Waals surface area (Å²) in [5.41, 5.74) is 0.749. The normalized spacial score (nSPS) is 33.9. The molecule has 0 spiro atoms. The fourth-order valence-corrected chi connectivity index (χ4v) is 7.46. The van der Waals surface area contributed by atoms with Crippen LogP contribution in [0.15, 0.2) is 35.9 Å². The topological polar surface area (TPSA) is 127 Å². The molecule has 47 heavy (non-hydrogen) atoms. The van der Waals surface area contributed by atoms with E-state index in [1.165, 1.54) is 4.90 Å². The first-order chi connectivity index (χ1) is 22.1. The van der Waals surface area contributed by atoms with Crippen molar-refractivity contribution in [3.63, 3.8) is 0 Å². The quantitative estimate of drug-likeness (QED) is 0.151. The number of allylic oxidation sites excluding steroid dienone is 3. The smallest absolute Gasteiger partial charge is 0.409 e. The summed E-state index contributed by atoms with van der Waals surface area (Å²) in [5, 5.41) is 14.7. The highest BCUT2D eigenvalue weighted by Crippen LogP contribution is 2.49. The van der Waals surface area contributed by atoms with Gasteiger partial charge < -0.3 is 29.0 Å². The molecule has 13 heteroatoms. The molecule has 2 amide bonds. The van der Waals surface area contributed by atoms with Crippen molar-refractivity contribution in [2.75, 3.05) is 30.6 Å². The molecule has 3 heterocycles. The van der Waals surface area contributed by atoms with Crippen molar-refractivity contribution in [3.8, 4) is 0 Å².